The van der Waals surface area contributed by atoms with Gasteiger partial charge in [-0.05, 0) is 35.9 Å². The van der Waals surface area contributed by atoms with Gasteiger partial charge in [-0.3, -0.25) is 4.79 Å². The van der Waals surface area contributed by atoms with E-state index in [0.29, 0.717) is 11.1 Å². The Hall–Kier alpha value is -2.51. The normalized spacial score (nSPS) is 12.1. The summed E-state index contributed by atoms with van der Waals surface area (Å²) in [6.07, 6.45) is -0.755. The number of rotatable bonds is 5. The van der Waals surface area contributed by atoms with E-state index in [1.54, 1.807) is 18.2 Å². The van der Waals surface area contributed by atoms with Gasteiger partial charge in [-0.15, -0.1) is 0 Å². The number of hydrogen-bond donors (Lipinski definition) is 2. The Morgan fingerprint density at radius 1 is 1.17 bits per heavy atom. The van der Waals surface area contributed by atoms with Crippen molar-refractivity contribution in [3.8, 4) is 0 Å². The van der Waals surface area contributed by atoms with Gasteiger partial charge in [0.15, 0.2) is 0 Å². The number of aromatic nitrogens is 2. The lowest BCUT2D eigenvalue weighted by molar-refractivity contribution is 0.0916. The van der Waals surface area contributed by atoms with Crippen LogP contribution in [-0.4, -0.2) is 40.4 Å². The predicted octanol–water partition coefficient (Wildman–Crippen LogP) is 2.22. The average molecular weight is 342 g/mol. The predicted molar refractivity (Wildman–Crippen MR) is 95.5 cm³/mol. The summed E-state index contributed by atoms with van der Waals surface area (Å²) in [7, 11) is 3.92. The van der Waals surface area contributed by atoms with E-state index in [4.69, 9.17) is 0 Å². The molecule has 0 saturated heterocycles. The second-order valence-corrected chi connectivity index (χ2v) is 6.21. The van der Waals surface area contributed by atoms with E-state index in [2.05, 4.69) is 14.1 Å². The van der Waals surface area contributed by atoms with E-state index >= 15 is 0 Å². The number of carbonyl (C=O) groups is 1. The van der Waals surface area contributed by atoms with Crippen LogP contribution in [0.5, 0.6) is 0 Å². The first-order valence-corrected chi connectivity index (χ1v) is 8.23. The van der Waals surface area contributed by atoms with Crippen LogP contribution >= 0.6 is 11.7 Å². The highest BCUT2D eigenvalue weighted by molar-refractivity contribution is 7.00. The van der Waals surface area contributed by atoms with Crippen LogP contribution in [0.1, 0.15) is 22.0 Å². The average Bonchev–Trinajstić information content (AvgIpc) is 3.07. The highest BCUT2D eigenvalue weighted by Gasteiger charge is 2.12. The topological polar surface area (TPSA) is 78.4 Å². The molecule has 124 valence electrons. The van der Waals surface area contributed by atoms with Gasteiger partial charge in [0.2, 0.25) is 0 Å². The Kier molecular flexibility index (Phi) is 4.73. The van der Waals surface area contributed by atoms with Gasteiger partial charge in [0.25, 0.3) is 5.91 Å². The minimum atomic E-state index is -0.755. The maximum Gasteiger partial charge on any atom is 0.251 e. The number of aliphatic hydroxyl groups is 1. The molecule has 1 aromatic heterocycles. The Morgan fingerprint density at radius 2 is 1.88 bits per heavy atom. The van der Waals surface area contributed by atoms with Crippen molar-refractivity contribution in [2.45, 2.75) is 6.10 Å². The highest BCUT2D eigenvalue weighted by atomic mass is 32.1. The van der Waals surface area contributed by atoms with E-state index in [1.807, 2.05) is 43.3 Å². The molecule has 1 heterocycles. The van der Waals surface area contributed by atoms with Gasteiger partial charge < -0.3 is 15.3 Å². The maximum absolute atomic E-state index is 12.2. The Labute approximate surface area is 144 Å². The molecule has 0 aliphatic heterocycles. The third-order valence-corrected chi connectivity index (χ3v) is 4.32. The molecule has 0 aliphatic rings. The molecule has 0 spiro atoms. The van der Waals surface area contributed by atoms with Gasteiger partial charge in [-0.1, -0.05) is 12.1 Å². The summed E-state index contributed by atoms with van der Waals surface area (Å²) >= 11 is 1.12. The second-order valence-electron chi connectivity index (χ2n) is 5.68. The molecule has 2 N–H and O–H groups in total. The van der Waals surface area contributed by atoms with E-state index in [-0.39, 0.29) is 12.5 Å². The largest absolute Gasteiger partial charge is 0.387 e. The molecule has 0 unspecified atom stereocenters. The van der Waals surface area contributed by atoms with Gasteiger partial charge in [-0.25, -0.2) is 0 Å². The van der Waals surface area contributed by atoms with Crippen LogP contribution in [-0.2, 0) is 0 Å². The molecule has 7 heteroatoms. The highest BCUT2D eigenvalue weighted by Crippen LogP contribution is 2.18. The van der Waals surface area contributed by atoms with Crippen molar-refractivity contribution in [1.82, 2.24) is 14.1 Å². The Morgan fingerprint density at radius 3 is 2.58 bits per heavy atom. The van der Waals surface area contributed by atoms with Crippen molar-refractivity contribution in [3.63, 3.8) is 0 Å². The number of benzene rings is 2. The van der Waals surface area contributed by atoms with Crippen LogP contribution in [0.2, 0.25) is 0 Å². The number of fused-ring (bicyclic) bond motifs is 1. The number of aliphatic hydroxyl groups excluding tert-OH is 1. The quantitative estimate of drug-likeness (QED) is 0.743. The van der Waals surface area contributed by atoms with Gasteiger partial charge in [0.1, 0.15) is 11.0 Å². The first kappa shape index (κ1) is 16.4. The van der Waals surface area contributed by atoms with Crippen LogP contribution in [0.3, 0.4) is 0 Å². The maximum atomic E-state index is 12.2. The van der Waals surface area contributed by atoms with Gasteiger partial charge in [0.05, 0.1) is 17.8 Å². The summed E-state index contributed by atoms with van der Waals surface area (Å²) in [5.41, 5.74) is 3.80. The monoisotopic (exact) mass is 342 g/mol. The van der Waals surface area contributed by atoms with Gasteiger partial charge in [0, 0.05) is 31.9 Å². The molecule has 0 aliphatic carbocycles. The molecule has 0 radical (unpaired) electrons. The summed E-state index contributed by atoms with van der Waals surface area (Å²) < 4.78 is 8.23. The molecular weight excluding hydrogens is 324 g/mol. The third kappa shape index (κ3) is 3.52. The summed E-state index contributed by atoms with van der Waals surface area (Å²) in [6, 6.07) is 12.8. The molecule has 24 heavy (non-hydrogen) atoms. The lowest BCUT2D eigenvalue weighted by Crippen LogP contribution is -2.28. The number of amides is 1. The molecule has 0 saturated carbocycles. The van der Waals surface area contributed by atoms with Crippen LogP contribution in [0, 0.1) is 0 Å². The lowest BCUT2D eigenvalue weighted by atomic mass is 10.1. The zero-order valence-corrected chi connectivity index (χ0v) is 14.2. The van der Waals surface area contributed by atoms with E-state index in [0.717, 1.165) is 28.5 Å². The number of carbonyl (C=O) groups excluding carboxylic acids is 1. The van der Waals surface area contributed by atoms with Gasteiger partial charge >= 0.3 is 0 Å². The SMILES string of the molecule is CN(C)c1ccc([C@@H](O)CNC(=O)c2ccc3nsnc3c2)cc1. The third-order valence-electron chi connectivity index (χ3n) is 3.77. The summed E-state index contributed by atoms with van der Waals surface area (Å²) in [6.45, 7) is 0.146. The summed E-state index contributed by atoms with van der Waals surface area (Å²) in [5, 5.41) is 13.0. The molecule has 3 aromatic rings. The molecule has 6 nitrogen and oxygen atoms in total. The van der Waals surface area contributed by atoms with Crippen LogP contribution < -0.4 is 10.2 Å². The fourth-order valence-electron chi connectivity index (χ4n) is 2.33. The molecule has 1 atom stereocenters. The number of nitrogens with one attached hydrogen (secondary N) is 1. The fraction of sp³-hybridized carbons (Fsp3) is 0.235. The number of hydrogen-bond acceptors (Lipinski definition) is 6. The van der Waals surface area contributed by atoms with E-state index in [1.165, 1.54) is 0 Å². The molecule has 3 rings (SSSR count). The van der Waals surface area contributed by atoms with Crippen molar-refractivity contribution < 1.29 is 9.90 Å². The van der Waals surface area contributed by atoms with Crippen LogP contribution in [0.25, 0.3) is 11.0 Å². The van der Waals surface area contributed by atoms with E-state index < -0.39 is 6.10 Å². The van der Waals surface area contributed by atoms with Crippen molar-refractivity contribution in [2.24, 2.45) is 0 Å². The first-order chi connectivity index (χ1) is 11.5. The number of nitrogens with zero attached hydrogens (tertiary/aromatic N) is 3. The molecule has 2 aromatic carbocycles. The van der Waals surface area contributed by atoms with Gasteiger partial charge in [-0.2, -0.15) is 8.75 Å². The molecule has 0 fully saturated rings. The molecule has 0 bridgehead atoms. The first-order valence-electron chi connectivity index (χ1n) is 7.50. The second kappa shape index (κ2) is 6.94. The van der Waals surface area contributed by atoms with Crippen molar-refractivity contribution >= 4 is 34.4 Å². The summed E-state index contributed by atoms with van der Waals surface area (Å²) in [5.74, 6) is -0.242. The van der Waals surface area contributed by atoms with Crippen molar-refractivity contribution in [1.29, 1.82) is 0 Å². The van der Waals surface area contributed by atoms with Crippen LogP contribution in [0.4, 0.5) is 5.69 Å². The Bertz CT molecular complexity index is 845. The Balaban J connectivity index is 1.62. The zero-order valence-electron chi connectivity index (χ0n) is 13.4. The molecule has 1 amide bonds. The minimum Gasteiger partial charge on any atom is -0.387 e. The summed E-state index contributed by atoms with van der Waals surface area (Å²) in [4.78, 5) is 14.2. The van der Waals surface area contributed by atoms with Crippen molar-refractivity contribution in [2.75, 3.05) is 25.5 Å². The fourth-order valence-corrected chi connectivity index (χ4v) is 2.84. The molecular formula is C17H18N4O2S. The van der Waals surface area contributed by atoms with Crippen LogP contribution in [0.15, 0.2) is 42.5 Å². The van der Waals surface area contributed by atoms with Crippen molar-refractivity contribution in [3.05, 3.63) is 53.6 Å². The smallest absolute Gasteiger partial charge is 0.251 e. The zero-order chi connectivity index (χ0) is 17.1. The standard InChI is InChI=1S/C17H18N4O2S/c1-21(2)13-6-3-11(4-7-13)16(22)10-18-17(23)12-5-8-14-15(9-12)20-24-19-14/h3-9,16,22H,10H2,1-2H3,(H,18,23)/t16-/m0/s1. The van der Waals surface area contributed by atoms with E-state index in [9.17, 15) is 9.90 Å². The lowest BCUT2D eigenvalue weighted by Gasteiger charge is -2.15. The minimum absolute atomic E-state index is 0.146. The number of anilines is 1.